The van der Waals surface area contributed by atoms with E-state index in [0.29, 0.717) is 5.92 Å². The van der Waals surface area contributed by atoms with Crippen molar-refractivity contribution in [2.75, 3.05) is 13.1 Å². The van der Waals surface area contributed by atoms with E-state index < -0.39 is 0 Å². The third kappa shape index (κ3) is 3.01. The molecule has 1 aromatic heterocycles. The summed E-state index contributed by atoms with van der Waals surface area (Å²) in [5, 5.41) is 3.37. The summed E-state index contributed by atoms with van der Waals surface area (Å²) in [6, 6.07) is 0. The van der Waals surface area contributed by atoms with E-state index in [1.807, 2.05) is 0 Å². The molecule has 1 atom stereocenters. The topological polar surface area (TPSA) is 37.8 Å². The van der Waals surface area contributed by atoms with Crippen LogP contribution in [0.4, 0.5) is 0 Å². The van der Waals surface area contributed by atoms with Gasteiger partial charge in [-0.25, -0.2) is 9.97 Å². The molecule has 0 bridgehead atoms. The van der Waals surface area contributed by atoms with Crippen molar-refractivity contribution < 1.29 is 0 Å². The van der Waals surface area contributed by atoms with E-state index in [-0.39, 0.29) is 0 Å². The van der Waals surface area contributed by atoms with Crippen LogP contribution in [0.1, 0.15) is 49.5 Å². The predicted octanol–water partition coefficient (Wildman–Crippen LogP) is 2.37. The van der Waals surface area contributed by atoms with Gasteiger partial charge in [0.15, 0.2) is 0 Å². The quantitative estimate of drug-likeness (QED) is 0.829. The van der Waals surface area contributed by atoms with Crippen molar-refractivity contribution in [2.24, 2.45) is 0 Å². The molecule has 0 saturated heterocycles. The average Bonchev–Trinajstić information content (AvgIpc) is 2.25. The lowest BCUT2D eigenvalue weighted by Crippen LogP contribution is -2.21. The summed E-state index contributed by atoms with van der Waals surface area (Å²) in [4.78, 5) is 9.09. The number of aryl methyl sites for hydroxylation is 3. The summed E-state index contributed by atoms with van der Waals surface area (Å²) in [5.74, 6) is 1.43. The van der Waals surface area contributed by atoms with Crippen molar-refractivity contribution in [3.05, 3.63) is 22.8 Å². The largest absolute Gasteiger partial charge is 0.316 e. The second kappa shape index (κ2) is 5.94. The van der Waals surface area contributed by atoms with Gasteiger partial charge in [-0.15, -0.1) is 0 Å². The van der Waals surface area contributed by atoms with Crippen LogP contribution in [-0.4, -0.2) is 23.1 Å². The highest BCUT2D eigenvalue weighted by Crippen LogP contribution is 2.20. The Labute approximate surface area is 98.7 Å². The third-order valence-electron chi connectivity index (χ3n) is 2.88. The maximum atomic E-state index is 4.54. The zero-order chi connectivity index (χ0) is 12.1. The van der Waals surface area contributed by atoms with Gasteiger partial charge in [-0.1, -0.05) is 20.8 Å². The highest BCUT2D eigenvalue weighted by atomic mass is 14.9. The molecular weight excluding hydrogens is 198 g/mol. The van der Waals surface area contributed by atoms with Crippen LogP contribution in [0.25, 0.3) is 0 Å². The first-order valence-corrected chi connectivity index (χ1v) is 6.14. The highest BCUT2D eigenvalue weighted by molar-refractivity contribution is 5.28. The van der Waals surface area contributed by atoms with Gasteiger partial charge >= 0.3 is 0 Å². The van der Waals surface area contributed by atoms with E-state index in [4.69, 9.17) is 0 Å². The van der Waals surface area contributed by atoms with Crippen LogP contribution in [0.3, 0.4) is 0 Å². The molecule has 0 aliphatic carbocycles. The Kier molecular flexibility index (Phi) is 4.87. The van der Waals surface area contributed by atoms with Gasteiger partial charge in [-0.05, 0) is 31.9 Å². The zero-order valence-electron chi connectivity index (χ0n) is 11.1. The van der Waals surface area contributed by atoms with Gasteiger partial charge in [0.05, 0.1) is 0 Å². The monoisotopic (exact) mass is 221 g/mol. The molecule has 16 heavy (non-hydrogen) atoms. The fourth-order valence-corrected chi connectivity index (χ4v) is 2.13. The van der Waals surface area contributed by atoms with E-state index in [2.05, 4.69) is 49.9 Å². The summed E-state index contributed by atoms with van der Waals surface area (Å²) in [6.45, 7) is 12.6. The minimum absolute atomic E-state index is 0.478. The van der Waals surface area contributed by atoms with Gasteiger partial charge in [-0.2, -0.15) is 0 Å². The lowest BCUT2D eigenvalue weighted by Gasteiger charge is -2.17. The molecule has 0 aliphatic rings. The van der Waals surface area contributed by atoms with Crippen LogP contribution in [0.5, 0.6) is 0 Å². The molecular formula is C13H23N3. The van der Waals surface area contributed by atoms with Crippen molar-refractivity contribution in [3.63, 3.8) is 0 Å². The summed E-state index contributed by atoms with van der Waals surface area (Å²) in [7, 11) is 0. The Bertz CT molecular complexity index is 324. The second-order valence-corrected chi connectivity index (χ2v) is 4.29. The highest BCUT2D eigenvalue weighted by Gasteiger charge is 2.14. The SMILES string of the molecule is CCNCC(C)c1c(C)nc(CC)nc1C. The molecule has 0 fully saturated rings. The maximum Gasteiger partial charge on any atom is 0.128 e. The first-order valence-electron chi connectivity index (χ1n) is 6.14. The van der Waals surface area contributed by atoms with Crippen LogP contribution in [0, 0.1) is 13.8 Å². The summed E-state index contributed by atoms with van der Waals surface area (Å²) >= 11 is 0. The van der Waals surface area contributed by atoms with Crippen LogP contribution in [0.2, 0.25) is 0 Å². The molecule has 0 radical (unpaired) electrons. The smallest absolute Gasteiger partial charge is 0.128 e. The Morgan fingerprint density at radius 1 is 1.12 bits per heavy atom. The molecule has 1 rings (SSSR count). The van der Waals surface area contributed by atoms with Crippen LogP contribution in [0.15, 0.2) is 0 Å². The van der Waals surface area contributed by atoms with Crippen molar-refractivity contribution in [1.29, 1.82) is 0 Å². The standard InChI is InChI=1S/C13H23N3/c1-6-12-15-10(4)13(11(5)16-12)9(3)8-14-7-2/h9,14H,6-8H2,1-5H3. The van der Waals surface area contributed by atoms with Crippen LogP contribution < -0.4 is 5.32 Å². The first-order chi connectivity index (χ1) is 7.60. The van der Waals surface area contributed by atoms with E-state index in [1.54, 1.807) is 0 Å². The molecule has 0 saturated carbocycles. The molecule has 0 aromatic carbocycles. The van der Waals surface area contributed by atoms with Crippen molar-refractivity contribution in [1.82, 2.24) is 15.3 Å². The number of aromatic nitrogens is 2. The van der Waals surface area contributed by atoms with E-state index in [9.17, 15) is 0 Å². The van der Waals surface area contributed by atoms with Gasteiger partial charge in [-0.3, -0.25) is 0 Å². The molecule has 90 valence electrons. The lowest BCUT2D eigenvalue weighted by molar-refractivity contribution is 0.622. The first kappa shape index (κ1) is 13.1. The Morgan fingerprint density at radius 2 is 1.69 bits per heavy atom. The molecule has 1 aromatic rings. The molecule has 1 unspecified atom stereocenters. The van der Waals surface area contributed by atoms with Crippen molar-refractivity contribution in [2.45, 2.75) is 47.0 Å². The van der Waals surface area contributed by atoms with Crippen molar-refractivity contribution in [3.8, 4) is 0 Å². The molecule has 1 heterocycles. The predicted molar refractivity (Wildman–Crippen MR) is 67.8 cm³/mol. The number of hydrogen-bond acceptors (Lipinski definition) is 3. The Morgan fingerprint density at radius 3 is 2.12 bits per heavy atom. The van der Waals surface area contributed by atoms with Gasteiger partial charge in [0.25, 0.3) is 0 Å². The Balaban J connectivity index is 2.95. The number of nitrogens with one attached hydrogen (secondary N) is 1. The number of likely N-dealkylation sites (N-methyl/N-ethyl adjacent to an activating group) is 1. The van der Waals surface area contributed by atoms with E-state index >= 15 is 0 Å². The van der Waals surface area contributed by atoms with Crippen molar-refractivity contribution >= 4 is 0 Å². The van der Waals surface area contributed by atoms with Gasteiger partial charge < -0.3 is 5.32 Å². The average molecular weight is 221 g/mol. The summed E-state index contributed by atoms with van der Waals surface area (Å²) in [5.41, 5.74) is 3.57. The number of rotatable bonds is 5. The summed E-state index contributed by atoms with van der Waals surface area (Å²) < 4.78 is 0. The molecule has 3 nitrogen and oxygen atoms in total. The fourth-order valence-electron chi connectivity index (χ4n) is 2.13. The van der Waals surface area contributed by atoms with Crippen LogP contribution in [-0.2, 0) is 6.42 Å². The molecule has 0 aliphatic heterocycles. The van der Waals surface area contributed by atoms with Gasteiger partial charge in [0.1, 0.15) is 5.82 Å². The molecule has 3 heteroatoms. The normalized spacial score (nSPS) is 12.8. The minimum Gasteiger partial charge on any atom is -0.316 e. The van der Waals surface area contributed by atoms with Crippen LogP contribution >= 0.6 is 0 Å². The molecule has 1 N–H and O–H groups in total. The van der Waals surface area contributed by atoms with E-state index in [0.717, 1.165) is 36.7 Å². The maximum absolute atomic E-state index is 4.54. The van der Waals surface area contributed by atoms with Gasteiger partial charge in [0, 0.05) is 24.4 Å². The number of nitrogens with zero attached hydrogens (tertiary/aromatic N) is 2. The zero-order valence-corrected chi connectivity index (χ0v) is 11.1. The lowest BCUT2D eigenvalue weighted by atomic mass is 9.98. The molecule has 0 amide bonds. The third-order valence-corrected chi connectivity index (χ3v) is 2.88. The fraction of sp³-hybridized carbons (Fsp3) is 0.692. The van der Waals surface area contributed by atoms with E-state index in [1.165, 1.54) is 5.56 Å². The number of hydrogen-bond donors (Lipinski definition) is 1. The Hall–Kier alpha value is -0.960. The molecule has 0 spiro atoms. The summed E-state index contributed by atoms with van der Waals surface area (Å²) in [6.07, 6.45) is 0.906. The second-order valence-electron chi connectivity index (χ2n) is 4.29. The van der Waals surface area contributed by atoms with Gasteiger partial charge in [0.2, 0.25) is 0 Å². The minimum atomic E-state index is 0.478.